The Bertz CT molecular complexity index is 1020. The molecule has 0 aromatic heterocycles. The van der Waals surface area contributed by atoms with Gasteiger partial charge in [0, 0.05) is 11.1 Å². The molecule has 28 heavy (non-hydrogen) atoms. The van der Waals surface area contributed by atoms with Gasteiger partial charge in [0.2, 0.25) is 0 Å². The molecule has 0 aliphatic carbocycles. The van der Waals surface area contributed by atoms with Crippen molar-refractivity contribution in [3.8, 4) is 11.1 Å². The summed E-state index contributed by atoms with van der Waals surface area (Å²) in [4.78, 5) is 0. The van der Waals surface area contributed by atoms with Crippen molar-refractivity contribution in [2.45, 2.75) is 26.7 Å². The van der Waals surface area contributed by atoms with E-state index in [1.165, 1.54) is 25.1 Å². The molecule has 0 aliphatic rings. The van der Waals surface area contributed by atoms with E-state index in [0.717, 1.165) is 12.0 Å². The summed E-state index contributed by atoms with van der Waals surface area (Å²) < 4.78 is 56.1. The van der Waals surface area contributed by atoms with E-state index in [1.807, 2.05) is 6.92 Å². The van der Waals surface area contributed by atoms with Gasteiger partial charge in [0.05, 0.1) is 0 Å². The first-order valence-electron chi connectivity index (χ1n) is 9.12. The monoisotopic (exact) mass is 384 g/mol. The summed E-state index contributed by atoms with van der Waals surface area (Å²) in [7, 11) is 0. The molecule has 144 valence electrons. The first-order chi connectivity index (χ1) is 13.4. The second-order valence-electron chi connectivity index (χ2n) is 6.71. The normalized spacial score (nSPS) is 11.4. The van der Waals surface area contributed by atoms with E-state index in [4.69, 9.17) is 0 Å². The van der Waals surface area contributed by atoms with Crippen LogP contribution < -0.4 is 0 Å². The first-order valence-corrected chi connectivity index (χ1v) is 9.12. The van der Waals surface area contributed by atoms with Gasteiger partial charge >= 0.3 is 0 Å². The third kappa shape index (κ3) is 4.01. The molecule has 0 saturated carbocycles. The van der Waals surface area contributed by atoms with Gasteiger partial charge < -0.3 is 0 Å². The number of aryl methyl sites for hydroxylation is 2. The lowest BCUT2D eigenvalue weighted by Crippen LogP contribution is -1.96. The fourth-order valence-corrected chi connectivity index (χ4v) is 3.02. The van der Waals surface area contributed by atoms with Crippen molar-refractivity contribution in [2.24, 2.45) is 0 Å². The van der Waals surface area contributed by atoms with Crippen molar-refractivity contribution in [2.75, 3.05) is 0 Å². The standard InChI is InChI=1S/C24H20F4/c1-3-4-18-12-13-19(23(27)22(18)26)11-8-16-6-9-17(10-7-16)20-14-5-15(2)21(25)24(20)28/h5-14H,3-4H2,1-2H3. The minimum Gasteiger partial charge on any atom is -0.203 e. The molecule has 3 aromatic carbocycles. The highest BCUT2D eigenvalue weighted by atomic mass is 19.2. The minimum atomic E-state index is -0.881. The van der Waals surface area contributed by atoms with E-state index >= 15 is 0 Å². The smallest absolute Gasteiger partial charge is 0.166 e. The van der Waals surface area contributed by atoms with E-state index in [9.17, 15) is 17.6 Å². The van der Waals surface area contributed by atoms with Crippen molar-refractivity contribution < 1.29 is 17.6 Å². The summed E-state index contributed by atoms with van der Waals surface area (Å²) in [5, 5.41) is 0. The molecule has 0 unspecified atom stereocenters. The molecule has 0 saturated heterocycles. The van der Waals surface area contributed by atoms with Crippen LogP contribution in [0, 0.1) is 30.2 Å². The molecule has 0 N–H and O–H groups in total. The molecular formula is C24H20F4. The van der Waals surface area contributed by atoms with Gasteiger partial charge in [0.25, 0.3) is 0 Å². The van der Waals surface area contributed by atoms with Gasteiger partial charge in [-0.1, -0.05) is 74.0 Å². The van der Waals surface area contributed by atoms with Crippen molar-refractivity contribution in [1.29, 1.82) is 0 Å². The van der Waals surface area contributed by atoms with Gasteiger partial charge in [-0.2, -0.15) is 0 Å². The summed E-state index contributed by atoms with van der Waals surface area (Å²) in [5.41, 5.74) is 2.23. The largest absolute Gasteiger partial charge is 0.203 e. The zero-order valence-electron chi connectivity index (χ0n) is 15.7. The van der Waals surface area contributed by atoms with Crippen LogP contribution in [0.2, 0.25) is 0 Å². The van der Waals surface area contributed by atoms with Gasteiger partial charge in [-0.15, -0.1) is 0 Å². The van der Waals surface area contributed by atoms with Crippen molar-refractivity contribution >= 4 is 12.2 Å². The van der Waals surface area contributed by atoms with Gasteiger partial charge in [0.15, 0.2) is 23.3 Å². The summed E-state index contributed by atoms with van der Waals surface area (Å²) in [5.74, 6) is -3.41. The highest BCUT2D eigenvalue weighted by molar-refractivity contribution is 5.72. The van der Waals surface area contributed by atoms with E-state index < -0.39 is 23.3 Å². The van der Waals surface area contributed by atoms with Crippen LogP contribution in [-0.4, -0.2) is 0 Å². The second-order valence-corrected chi connectivity index (χ2v) is 6.71. The topological polar surface area (TPSA) is 0 Å². The molecule has 0 nitrogen and oxygen atoms in total. The molecule has 3 aromatic rings. The summed E-state index contributed by atoms with van der Waals surface area (Å²) in [6.07, 6.45) is 4.37. The lowest BCUT2D eigenvalue weighted by atomic mass is 10.0. The molecule has 0 bridgehead atoms. The summed E-state index contributed by atoms with van der Waals surface area (Å²) in [6, 6.07) is 13.0. The zero-order chi connectivity index (χ0) is 20.3. The van der Waals surface area contributed by atoms with E-state index in [2.05, 4.69) is 0 Å². The Morgan fingerprint density at radius 1 is 0.714 bits per heavy atom. The number of hydrogen-bond acceptors (Lipinski definition) is 0. The van der Waals surface area contributed by atoms with Crippen LogP contribution in [0.4, 0.5) is 17.6 Å². The Balaban J connectivity index is 1.84. The molecule has 0 fully saturated rings. The Hall–Kier alpha value is -2.88. The zero-order valence-corrected chi connectivity index (χ0v) is 15.7. The van der Waals surface area contributed by atoms with Gasteiger partial charge in [0.1, 0.15) is 0 Å². The molecule has 0 heterocycles. The Morgan fingerprint density at radius 3 is 2.11 bits per heavy atom. The highest BCUT2D eigenvalue weighted by Gasteiger charge is 2.13. The van der Waals surface area contributed by atoms with Gasteiger partial charge in [-0.05, 0) is 35.6 Å². The maximum absolute atomic E-state index is 14.2. The Kier molecular flexibility index (Phi) is 5.98. The van der Waals surface area contributed by atoms with E-state index in [0.29, 0.717) is 17.5 Å². The Morgan fingerprint density at radius 2 is 1.43 bits per heavy atom. The third-order valence-electron chi connectivity index (χ3n) is 4.66. The average molecular weight is 384 g/mol. The second kappa shape index (κ2) is 8.42. The quantitative estimate of drug-likeness (QED) is 0.319. The predicted octanol–water partition coefficient (Wildman–Crippen LogP) is 7.34. The first kappa shape index (κ1) is 19.9. The summed E-state index contributed by atoms with van der Waals surface area (Å²) in [6.45, 7) is 3.42. The van der Waals surface area contributed by atoms with Crippen molar-refractivity contribution in [3.63, 3.8) is 0 Å². The van der Waals surface area contributed by atoms with Crippen LogP contribution in [-0.2, 0) is 6.42 Å². The predicted molar refractivity (Wildman–Crippen MR) is 106 cm³/mol. The molecule has 0 atom stereocenters. The Labute approximate surface area is 162 Å². The molecule has 0 spiro atoms. The maximum Gasteiger partial charge on any atom is 0.166 e. The lowest BCUT2D eigenvalue weighted by molar-refractivity contribution is 0.496. The van der Waals surface area contributed by atoms with Gasteiger partial charge in [-0.3, -0.25) is 0 Å². The molecule has 0 radical (unpaired) electrons. The van der Waals surface area contributed by atoms with Crippen LogP contribution in [0.1, 0.15) is 35.6 Å². The van der Waals surface area contributed by atoms with Crippen LogP contribution in [0.5, 0.6) is 0 Å². The number of benzene rings is 3. The van der Waals surface area contributed by atoms with Crippen molar-refractivity contribution in [3.05, 3.63) is 94.1 Å². The molecule has 3 rings (SSSR count). The fraction of sp³-hybridized carbons (Fsp3) is 0.167. The minimum absolute atomic E-state index is 0.160. The number of hydrogen-bond donors (Lipinski definition) is 0. The van der Waals surface area contributed by atoms with Crippen LogP contribution in [0.25, 0.3) is 23.3 Å². The molecule has 4 heteroatoms. The molecule has 0 aliphatic heterocycles. The lowest BCUT2D eigenvalue weighted by Gasteiger charge is -2.07. The van der Waals surface area contributed by atoms with Crippen LogP contribution in [0.3, 0.4) is 0 Å². The number of halogens is 4. The fourth-order valence-electron chi connectivity index (χ4n) is 3.02. The van der Waals surface area contributed by atoms with E-state index in [-0.39, 0.29) is 16.7 Å². The number of rotatable bonds is 5. The molecule has 0 amide bonds. The van der Waals surface area contributed by atoms with Crippen molar-refractivity contribution in [1.82, 2.24) is 0 Å². The highest BCUT2D eigenvalue weighted by Crippen LogP contribution is 2.27. The average Bonchev–Trinajstić information content (AvgIpc) is 2.70. The maximum atomic E-state index is 14.2. The van der Waals surface area contributed by atoms with Crippen LogP contribution in [0.15, 0.2) is 48.5 Å². The SMILES string of the molecule is CCCc1ccc(C=Cc2ccc(-c3ccc(C)c(F)c3F)cc2)c(F)c1F. The summed E-state index contributed by atoms with van der Waals surface area (Å²) >= 11 is 0. The van der Waals surface area contributed by atoms with Gasteiger partial charge in [-0.25, -0.2) is 17.6 Å². The van der Waals surface area contributed by atoms with E-state index in [1.54, 1.807) is 42.5 Å². The van der Waals surface area contributed by atoms with Crippen LogP contribution >= 0.6 is 0 Å². The molecular weight excluding hydrogens is 364 g/mol. The third-order valence-corrected chi connectivity index (χ3v) is 4.66.